The molecule has 5 nitrogen and oxygen atoms in total. The molecule has 0 fully saturated rings. The largest absolute Gasteiger partial charge is 0.293 e. The maximum Gasteiger partial charge on any atom is 0.178 e. The molecule has 0 bridgehead atoms. The minimum Gasteiger partial charge on any atom is -0.293 e. The molecule has 2 heterocycles. The Morgan fingerprint density at radius 1 is 1.31 bits per heavy atom. The minimum absolute atomic E-state index is 0.0597. The molecule has 88 valence electrons. The molecule has 0 radical (unpaired) electrons. The molecule has 0 aromatic carbocycles. The van der Waals surface area contributed by atoms with Crippen LogP contribution in [0.25, 0.3) is 0 Å². The van der Waals surface area contributed by atoms with Crippen molar-refractivity contribution < 1.29 is 13.2 Å². The predicted octanol–water partition coefficient (Wildman–Crippen LogP) is 0.136. The highest BCUT2D eigenvalue weighted by atomic mass is 32.2. The van der Waals surface area contributed by atoms with Crippen molar-refractivity contribution in [3.8, 4) is 0 Å². The lowest BCUT2D eigenvalue weighted by Crippen LogP contribution is -2.13. The van der Waals surface area contributed by atoms with Gasteiger partial charge < -0.3 is 0 Å². The quantitative estimate of drug-likeness (QED) is 0.657. The standard InChI is InChI=1S/C10H14N2O3S/c1-7(13)10-8-3-5-16(14,15)6-4-9(8)11-12(10)2/h3-6H2,1-2H3. The van der Waals surface area contributed by atoms with E-state index in [2.05, 4.69) is 5.10 Å². The second-order valence-electron chi connectivity index (χ2n) is 4.11. The monoisotopic (exact) mass is 242 g/mol. The van der Waals surface area contributed by atoms with Gasteiger partial charge in [0.05, 0.1) is 17.2 Å². The van der Waals surface area contributed by atoms with Crippen molar-refractivity contribution in [3.05, 3.63) is 17.0 Å². The zero-order valence-electron chi connectivity index (χ0n) is 9.36. The molecule has 0 aliphatic carbocycles. The number of aromatic nitrogens is 2. The van der Waals surface area contributed by atoms with Crippen LogP contribution in [0, 0.1) is 0 Å². The second kappa shape index (κ2) is 3.69. The lowest BCUT2D eigenvalue weighted by Gasteiger charge is -2.01. The van der Waals surface area contributed by atoms with E-state index in [1.165, 1.54) is 6.92 Å². The fraction of sp³-hybridized carbons (Fsp3) is 0.600. The highest BCUT2D eigenvalue weighted by Crippen LogP contribution is 2.20. The normalized spacial score (nSPS) is 18.9. The molecule has 2 rings (SSSR count). The number of hydrogen-bond donors (Lipinski definition) is 0. The fourth-order valence-electron chi connectivity index (χ4n) is 2.14. The third-order valence-electron chi connectivity index (χ3n) is 2.87. The van der Waals surface area contributed by atoms with Gasteiger partial charge in [0.2, 0.25) is 0 Å². The Balaban J connectivity index is 2.49. The van der Waals surface area contributed by atoms with Crippen molar-refractivity contribution in [2.45, 2.75) is 19.8 Å². The van der Waals surface area contributed by atoms with Crippen molar-refractivity contribution in [2.24, 2.45) is 7.05 Å². The summed E-state index contributed by atoms with van der Waals surface area (Å²) in [6, 6.07) is 0. The smallest absolute Gasteiger partial charge is 0.178 e. The van der Waals surface area contributed by atoms with Gasteiger partial charge in [-0.3, -0.25) is 9.48 Å². The number of fused-ring (bicyclic) bond motifs is 1. The lowest BCUT2D eigenvalue weighted by atomic mass is 10.1. The second-order valence-corrected chi connectivity index (χ2v) is 6.41. The number of carbonyl (C=O) groups excluding carboxylic acids is 1. The summed E-state index contributed by atoms with van der Waals surface area (Å²) in [5.74, 6) is 0.191. The summed E-state index contributed by atoms with van der Waals surface area (Å²) in [6.45, 7) is 1.48. The Morgan fingerprint density at radius 2 is 1.94 bits per heavy atom. The average molecular weight is 242 g/mol. The number of aryl methyl sites for hydroxylation is 2. The molecule has 1 aromatic rings. The van der Waals surface area contributed by atoms with E-state index in [1.807, 2.05) is 0 Å². The van der Waals surface area contributed by atoms with Crippen LogP contribution in [-0.4, -0.2) is 35.5 Å². The first-order valence-electron chi connectivity index (χ1n) is 5.17. The van der Waals surface area contributed by atoms with Crippen LogP contribution in [0.5, 0.6) is 0 Å². The number of nitrogens with zero attached hydrogens (tertiary/aromatic N) is 2. The van der Waals surface area contributed by atoms with E-state index in [0.717, 1.165) is 11.3 Å². The predicted molar refractivity (Wildman–Crippen MR) is 59.3 cm³/mol. The van der Waals surface area contributed by atoms with Gasteiger partial charge in [-0.1, -0.05) is 0 Å². The van der Waals surface area contributed by atoms with Gasteiger partial charge in [-0.25, -0.2) is 8.42 Å². The third kappa shape index (κ3) is 1.89. The first kappa shape index (κ1) is 11.3. The molecule has 1 aromatic heterocycles. The summed E-state index contributed by atoms with van der Waals surface area (Å²) in [6.07, 6.45) is 0.819. The van der Waals surface area contributed by atoms with Gasteiger partial charge >= 0.3 is 0 Å². The number of sulfone groups is 1. The van der Waals surface area contributed by atoms with E-state index in [0.29, 0.717) is 18.5 Å². The van der Waals surface area contributed by atoms with Crippen molar-refractivity contribution in [3.63, 3.8) is 0 Å². The van der Waals surface area contributed by atoms with Crippen molar-refractivity contribution in [1.29, 1.82) is 0 Å². The number of carbonyl (C=O) groups is 1. The van der Waals surface area contributed by atoms with Gasteiger partial charge in [-0.2, -0.15) is 5.10 Å². The van der Waals surface area contributed by atoms with Gasteiger partial charge in [0, 0.05) is 26.0 Å². The van der Waals surface area contributed by atoms with Crippen LogP contribution in [0.1, 0.15) is 28.7 Å². The minimum atomic E-state index is -2.97. The highest BCUT2D eigenvalue weighted by molar-refractivity contribution is 7.91. The van der Waals surface area contributed by atoms with E-state index < -0.39 is 9.84 Å². The zero-order chi connectivity index (χ0) is 11.9. The molecular formula is C10H14N2O3S. The number of hydrogen-bond acceptors (Lipinski definition) is 4. The van der Waals surface area contributed by atoms with Gasteiger partial charge in [0.15, 0.2) is 15.6 Å². The Bertz CT molecular complexity index is 543. The average Bonchev–Trinajstić information content (AvgIpc) is 2.41. The SMILES string of the molecule is CC(=O)c1c2c(nn1C)CCS(=O)(=O)CC2. The summed E-state index contributed by atoms with van der Waals surface area (Å²) in [5, 5.41) is 4.23. The molecule has 0 amide bonds. The molecule has 0 unspecified atom stereocenters. The maximum atomic E-state index is 11.5. The molecule has 6 heteroatoms. The Kier molecular flexibility index (Phi) is 2.61. The van der Waals surface area contributed by atoms with Crippen molar-refractivity contribution in [1.82, 2.24) is 9.78 Å². The summed E-state index contributed by atoms with van der Waals surface area (Å²) in [5.41, 5.74) is 2.12. The van der Waals surface area contributed by atoms with Gasteiger partial charge in [-0.05, 0) is 6.42 Å². The van der Waals surface area contributed by atoms with Crippen LogP contribution in [0.3, 0.4) is 0 Å². The molecule has 0 saturated heterocycles. The number of rotatable bonds is 1. The molecular weight excluding hydrogens is 228 g/mol. The van der Waals surface area contributed by atoms with Crippen molar-refractivity contribution >= 4 is 15.6 Å². The molecule has 0 atom stereocenters. The lowest BCUT2D eigenvalue weighted by molar-refractivity contribution is 0.100. The molecule has 1 aliphatic rings. The van der Waals surface area contributed by atoms with E-state index in [9.17, 15) is 13.2 Å². The molecule has 16 heavy (non-hydrogen) atoms. The van der Waals surface area contributed by atoms with E-state index >= 15 is 0 Å². The molecule has 0 saturated carbocycles. The fourth-order valence-corrected chi connectivity index (χ4v) is 3.36. The number of Topliss-reactive ketones (excluding diaryl/α,β-unsaturated/α-hetero) is 1. The first-order chi connectivity index (χ1) is 7.41. The van der Waals surface area contributed by atoms with Crippen LogP contribution in [0.4, 0.5) is 0 Å². The van der Waals surface area contributed by atoms with E-state index in [-0.39, 0.29) is 17.3 Å². The zero-order valence-corrected chi connectivity index (χ0v) is 10.2. The van der Waals surface area contributed by atoms with E-state index in [1.54, 1.807) is 11.7 Å². The Hall–Kier alpha value is -1.17. The summed E-state index contributed by atoms with van der Waals surface area (Å²) < 4.78 is 24.5. The van der Waals surface area contributed by atoms with Crippen molar-refractivity contribution in [2.75, 3.05) is 11.5 Å². The Morgan fingerprint density at radius 3 is 2.56 bits per heavy atom. The third-order valence-corrected chi connectivity index (χ3v) is 4.53. The van der Waals surface area contributed by atoms with Gasteiger partial charge in [-0.15, -0.1) is 0 Å². The highest BCUT2D eigenvalue weighted by Gasteiger charge is 2.25. The number of ketones is 1. The van der Waals surface area contributed by atoms with Crippen LogP contribution in [-0.2, 0) is 29.7 Å². The maximum absolute atomic E-state index is 11.5. The van der Waals surface area contributed by atoms with Crippen LogP contribution in [0.15, 0.2) is 0 Å². The molecule has 1 aliphatic heterocycles. The molecule has 0 spiro atoms. The Labute approximate surface area is 94.4 Å². The van der Waals surface area contributed by atoms with Gasteiger partial charge in [0.25, 0.3) is 0 Å². The van der Waals surface area contributed by atoms with Crippen LogP contribution in [0.2, 0.25) is 0 Å². The van der Waals surface area contributed by atoms with Crippen LogP contribution < -0.4 is 0 Å². The summed E-state index contributed by atoms with van der Waals surface area (Å²) in [4.78, 5) is 11.5. The first-order valence-corrected chi connectivity index (χ1v) is 6.99. The topological polar surface area (TPSA) is 69.0 Å². The summed E-state index contributed by atoms with van der Waals surface area (Å²) in [7, 11) is -1.25. The van der Waals surface area contributed by atoms with Crippen LogP contribution >= 0.6 is 0 Å². The molecule has 0 N–H and O–H groups in total. The summed E-state index contributed by atoms with van der Waals surface area (Å²) >= 11 is 0. The van der Waals surface area contributed by atoms with E-state index in [4.69, 9.17) is 0 Å². The van der Waals surface area contributed by atoms with Gasteiger partial charge in [0.1, 0.15) is 5.69 Å².